The first-order valence-corrected chi connectivity index (χ1v) is 4.44. The molecule has 0 saturated heterocycles. The van der Waals surface area contributed by atoms with Crippen molar-refractivity contribution in [1.82, 2.24) is 10.2 Å². The van der Waals surface area contributed by atoms with Gasteiger partial charge in [-0.1, -0.05) is 11.6 Å². The van der Waals surface area contributed by atoms with Crippen LogP contribution in [0.4, 0.5) is 0 Å². The van der Waals surface area contributed by atoms with Crippen LogP contribution in [0.15, 0.2) is 18.3 Å². The molecule has 2 aromatic rings. The summed E-state index contributed by atoms with van der Waals surface area (Å²) in [5, 5.41) is 10.1. The molecule has 0 unspecified atom stereocenters. The summed E-state index contributed by atoms with van der Waals surface area (Å²) >= 11 is 5.91. The van der Waals surface area contributed by atoms with Crippen LogP contribution in [0, 0.1) is 13.8 Å². The lowest BCUT2D eigenvalue weighted by atomic mass is 10.1. The maximum atomic E-state index is 5.91. The van der Waals surface area contributed by atoms with E-state index in [0.29, 0.717) is 5.15 Å². The van der Waals surface area contributed by atoms with Gasteiger partial charge in [0.1, 0.15) is 0 Å². The van der Waals surface area contributed by atoms with Crippen molar-refractivity contribution >= 4 is 22.4 Å². The van der Waals surface area contributed by atoms with Crippen LogP contribution in [0.3, 0.4) is 0 Å². The average Bonchev–Trinajstić information content (AvgIpc) is 2.09. The lowest BCUT2D eigenvalue weighted by Crippen LogP contribution is -1.87. The molecule has 13 heavy (non-hydrogen) atoms. The van der Waals surface area contributed by atoms with Crippen molar-refractivity contribution in [3.8, 4) is 0 Å². The first kappa shape index (κ1) is 8.45. The van der Waals surface area contributed by atoms with Gasteiger partial charge >= 0.3 is 0 Å². The second-order valence-corrected chi connectivity index (χ2v) is 3.52. The van der Waals surface area contributed by atoms with Crippen LogP contribution in [0.1, 0.15) is 11.1 Å². The standard InChI is InChI=1S/C10H9ClN2/c1-6-3-8-5-12-13-10(11)9(8)4-7(6)2/h3-5H,1-2H3. The molecular weight excluding hydrogens is 184 g/mol. The van der Waals surface area contributed by atoms with E-state index in [0.717, 1.165) is 10.8 Å². The molecule has 0 saturated carbocycles. The largest absolute Gasteiger partial charge is 0.159 e. The maximum Gasteiger partial charge on any atom is 0.159 e. The van der Waals surface area contributed by atoms with Crippen molar-refractivity contribution in [1.29, 1.82) is 0 Å². The van der Waals surface area contributed by atoms with Crippen LogP contribution in [-0.2, 0) is 0 Å². The second kappa shape index (κ2) is 2.96. The number of hydrogen-bond donors (Lipinski definition) is 0. The fourth-order valence-electron chi connectivity index (χ4n) is 1.32. The van der Waals surface area contributed by atoms with Gasteiger partial charge in [-0.25, -0.2) is 0 Å². The molecule has 2 rings (SSSR count). The van der Waals surface area contributed by atoms with Crippen LogP contribution in [-0.4, -0.2) is 10.2 Å². The van der Waals surface area contributed by atoms with Crippen LogP contribution in [0.2, 0.25) is 5.15 Å². The van der Waals surface area contributed by atoms with E-state index in [1.165, 1.54) is 11.1 Å². The Bertz CT molecular complexity index is 466. The van der Waals surface area contributed by atoms with Gasteiger partial charge in [0.05, 0.1) is 6.20 Å². The fourth-order valence-corrected chi connectivity index (χ4v) is 1.53. The number of benzene rings is 1. The second-order valence-electron chi connectivity index (χ2n) is 3.16. The van der Waals surface area contributed by atoms with Gasteiger partial charge in [0, 0.05) is 10.8 Å². The number of aromatic nitrogens is 2. The average molecular weight is 193 g/mol. The van der Waals surface area contributed by atoms with Gasteiger partial charge in [0.15, 0.2) is 5.15 Å². The minimum absolute atomic E-state index is 0.473. The van der Waals surface area contributed by atoms with Crippen LogP contribution >= 0.6 is 11.6 Å². The first-order chi connectivity index (χ1) is 6.18. The summed E-state index contributed by atoms with van der Waals surface area (Å²) in [6.07, 6.45) is 1.73. The van der Waals surface area contributed by atoms with E-state index < -0.39 is 0 Å². The van der Waals surface area contributed by atoms with E-state index in [4.69, 9.17) is 11.6 Å². The van der Waals surface area contributed by atoms with Crippen molar-refractivity contribution < 1.29 is 0 Å². The van der Waals surface area contributed by atoms with Crippen LogP contribution < -0.4 is 0 Å². The lowest BCUT2D eigenvalue weighted by Gasteiger charge is -2.03. The van der Waals surface area contributed by atoms with E-state index >= 15 is 0 Å². The minimum atomic E-state index is 0.473. The number of nitrogens with zero attached hydrogens (tertiary/aromatic N) is 2. The zero-order valence-electron chi connectivity index (χ0n) is 7.50. The van der Waals surface area contributed by atoms with E-state index in [-0.39, 0.29) is 0 Å². The molecule has 0 amide bonds. The van der Waals surface area contributed by atoms with Crippen molar-refractivity contribution in [2.45, 2.75) is 13.8 Å². The Hall–Kier alpha value is -1.15. The summed E-state index contributed by atoms with van der Waals surface area (Å²) in [4.78, 5) is 0. The molecule has 1 heterocycles. The predicted octanol–water partition coefficient (Wildman–Crippen LogP) is 2.90. The zero-order valence-corrected chi connectivity index (χ0v) is 8.26. The molecular formula is C10H9ClN2. The van der Waals surface area contributed by atoms with Gasteiger partial charge in [0.25, 0.3) is 0 Å². The molecule has 0 spiro atoms. The molecule has 0 bridgehead atoms. The third-order valence-electron chi connectivity index (χ3n) is 2.23. The molecule has 66 valence electrons. The Morgan fingerprint density at radius 1 is 1.15 bits per heavy atom. The Labute approximate surface area is 81.6 Å². The smallest absolute Gasteiger partial charge is 0.157 e. The minimum Gasteiger partial charge on any atom is -0.157 e. The Kier molecular flexibility index (Phi) is 1.93. The highest BCUT2D eigenvalue weighted by Crippen LogP contribution is 2.23. The van der Waals surface area contributed by atoms with Gasteiger partial charge in [-0.15, -0.1) is 5.10 Å². The summed E-state index contributed by atoms with van der Waals surface area (Å²) in [6, 6.07) is 4.12. The molecule has 0 radical (unpaired) electrons. The Morgan fingerprint density at radius 2 is 1.85 bits per heavy atom. The third kappa shape index (κ3) is 1.38. The van der Waals surface area contributed by atoms with Gasteiger partial charge in [0.2, 0.25) is 0 Å². The number of aryl methyl sites for hydroxylation is 2. The van der Waals surface area contributed by atoms with Crippen molar-refractivity contribution in [2.75, 3.05) is 0 Å². The molecule has 0 aliphatic rings. The molecule has 0 aliphatic heterocycles. The third-order valence-corrected chi connectivity index (χ3v) is 2.51. The molecule has 0 fully saturated rings. The summed E-state index contributed by atoms with van der Waals surface area (Å²) in [7, 11) is 0. The monoisotopic (exact) mass is 192 g/mol. The first-order valence-electron chi connectivity index (χ1n) is 4.06. The molecule has 2 nitrogen and oxygen atoms in total. The topological polar surface area (TPSA) is 25.8 Å². The highest BCUT2D eigenvalue weighted by Gasteiger charge is 2.02. The predicted molar refractivity (Wildman–Crippen MR) is 54.0 cm³/mol. The molecule has 0 N–H and O–H groups in total. The van der Waals surface area contributed by atoms with Crippen LogP contribution in [0.5, 0.6) is 0 Å². The lowest BCUT2D eigenvalue weighted by molar-refractivity contribution is 1.05. The van der Waals surface area contributed by atoms with Gasteiger partial charge in [-0.05, 0) is 37.1 Å². The van der Waals surface area contributed by atoms with Gasteiger partial charge in [-0.2, -0.15) is 5.10 Å². The maximum absolute atomic E-state index is 5.91. The SMILES string of the molecule is Cc1cc2cnnc(Cl)c2cc1C. The van der Waals surface area contributed by atoms with Gasteiger partial charge < -0.3 is 0 Å². The summed E-state index contributed by atoms with van der Waals surface area (Å²) < 4.78 is 0. The van der Waals surface area contributed by atoms with Crippen LogP contribution in [0.25, 0.3) is 10.8 Å². The zero-order chi connectivity index (χ0) is 9.42. The number of rotatable bonds is 0. The van der Waals surface area contributed by atoms with Crippen molar-refractivity contribution in [3.05, 3.63) is 34.6 Å². The summed E-state index contributed by atoms with van der Waals surface area (Å²) in [6.45, 7) is 4.13. The van der Waals surface area contributed by atoms with E-state index in [1.807, 2.05) is 6.07 Å². The van der Waals surface area contributed by atoms with Crippen molar-refractivity contribution in [3.63, 3.8) is 0 Å². The Morgan fingerprint density at radius 3 is 2.62 bits per heavy atom. The van der Waals surface area contributed by atoms with E-state index in [2.05, 4.69) is 30.1 Å². The molecule has 3 heteroatoms. The fraction of sp³-hybridized carbons (Fsp3) is 0.200. The Balaban J connectivity index is 2.89. The molecule has 0 atom stereocenters. The summed E-state index contributed by atoms with van der Waals surface area (Å²) in [5.74, 6) is 0. The normalized spacial score (nSPS) is 10.7. The number of fused-ring (bicyclic) bond motifs is 1. The quantitative estimate of drug-likeness (QED) is 0.642. The number of hydrogen-bond acceptors (Lipinski definition) is 2. The highest BCUT2D eigenvalue weighted by molar-refractivity contribution is 6.34. The molecule has 1 aromatic carbocycles. The highest BCUT2D eigenvalue weighted by atomic mass is 35.5. The van der Waals surface area contributed by atoms with Gasteiger partial charge in [-0.3, -0.25) is 0 Å². The van der Waals surface area contributed by atoms with Crippen molar-refractivity contribution in [2.24, 2.45) is 0 Å². The molecule has 1 aromatic heterocycles. The number of halogens is 1. The van der Waals surface area contributed by atoms with E-state index in [9.17, 15) is 0 Å². The van der Waals surface area contributed by atoms with E-state index in [1.54, 1.807) is 6.20 Å². The molecule has 0 aliphatic carbocycles. The summed E-state index contributed by atoms with van der Waals surface area (Å²) in [5.41, 5.74) is 2.47.